The minimum absolute atomic E-state index is 0.0762. The molecule has 1 N–H and O–H groups in total. The molecule has 5 rings (SSSR count). The van der Waals surface area contributed by atoms with E-state index in [9.17, 15) is 13.2 Å². The monoisotopic (exact) mass is 589 g/mol. The number of rotatable bonds is 9. The van der Waals surface area contributed by atoms with E-state index in [0.29, 0.717) is 36.8 Å². The molecule has 0 aromatic heterocycles. The summed E-state index contributed by atoms with van der Waals surface area (Å²) >= 11 is 5.93. The van der Waals surface area contributed by atoms with E-state index in [1.54, 1.807) is 35.2 Å². The highest BCUT2D eigenvalue weighted by Gasteiger charge is 2.29. The Morgan fingerprint density at radius 1 is 0.854 bits per heavy atom. The van der Waals surface area contributed by atoms with Gasteiger partial charge in [-0.25, -0.2) is 13.1 Å². The number of methoxy groups -OCH3 is 1. The summed E-state index contributed by atoms with van der Waals surface area (Å²) in [5, 5.41) is 0.570. The fourth-order valence-corrected chi connectivity index (χ4v) is 6.47. The molecular formula is C32H32ClN3O4S. The fraction of sp³-hybridized carbons (Fsp3) is 0.219. The molecule has 0 radical (unpaired) electrons. The van der Waals surface area contributed by atoms with Gasteiger partial charge in [-0.05, 0) is 47.0 Å². The fourth-order valence-electron chi connectivity index (χ4n) is 5.13. The van der Waals surface area contributed by atoms with Crippen LogP contribution in [0.3, 0.4) is 0 Å². The van der Waals surface area contributed by atoms with Crippen molar-refractivity contribution in [1.29, 1.82) is 0 Å². The van der Waals surface area contributed by atoms with E-state index in [-0.39, 0.29) is 29.1 Å². The summed E-state index contributed by atoms with van der Waals surface area (Å²) in [5.41, 5.74) is 3.46. The number of sulfonamides is 1. The van der Waals surface area contributed by atoms with Crippen LogP contribution in [0.4, 0.5) is 0 Å². The number of nitrogens with one attached hydrogen (secondary N) is 1. The summed E-state index contributed by atoms with van der Waals surface area (Å²) in [6.45, 7) is 2.50. The third-order valence-electron chi connectivity index (χ3n) is 7.28. The van der Waals surface area contributed by atoms with Crippen molar-refractivity contribution in [2.45, 2.75) is 17.5 Å². The van der Waals surface area contributed by atoms with Crippen LogP contribution in [-0.2, 0) is 16.6 Å². The largest absolute Gasteiger partial charge is 0.495 e. The minimum atomic E-state index is -3.97. The van der Waals surface area contributed by atoms with Gasteiger partial charge in [-0.2, -0.15) is 0 Å². The highest BCUT2D eigenvalue weighted by atomic mass is 35.5. The van der Waals surface area contributed by atoms with Crippen molar-refractivity contribution < 1.29 is 17.9 Å². The van der Waals surface area contributed by atoms with Gasteiger partial charge >= 0.3 is 0 Å². The first-order valence-electron chi connectivity index (χ1n) is 13.4. The van der Waals surface area contributed by atoms with E-state index in [1.807, 2.05) is 36.4 Å². The minimum Gasteiger partial charge on any atom is -0.495 e. The van der Waals surface area contributed by atoms with Crippen LogP contribution < -0.4 is 9.46 Å². The van der Waals surface area contributed by atoms with Gasteiger partial charge < -0.3 is 9.64 Å². The molecule has 1 saturated heterocycles. The quantitative estimate of drug-likeness (QED) is 0.284. The van der Waals surface area contributed by atoms with Crippen molar-refractivity contribution in [3.05, 3.63) is 130 Å². The predicted molar refractivity (Wildman–Crippen MR) is 161 cm³/mol. The predicted octanol–water partition coefficient (Wildman–Crippen LogP) is 5.37. The molecule has 7 nitrogen and oxygen atoms in total. The van der Waals surface area contributed by atoms with Gasteiger partial charge in [-0.1, -0.05) is 84.4 Å². The summed E-state index contributed by atoms with van der Waals surface area (Å²) in [5.74, 6) is -0.0408. The Morgan fingerprint density at radius 3 is 2.00 bits per heavy atom. The zero-order valence-corrected chi connectivity index (χ0v) is 24.3. The lowest BCUT2D eigenvalue weighted by Crippen LogP contribution is -2.49. The van der Waals surface area contributed by atoms with Crippen molar-refractivity contribution >= 4 is 27.5 Å². The molecule has 41 heavy (non-hydrogen) atoms. The summed E-state index contributed by atoms with van der Waals surface area (Å²) in [4.78, 5) is 17.6. The Bertz CT molecular complexity index is 1540. The highest BCUT2D eigenvalue weighted by molar-refractivity contribution is 7.89. The van der Waals surface area contributed by atoms with E-state index in [0.717, 1.165) is 5.56 Å². The van der Waals surface area contributed by atoms with E-state index in [1.165, 1.54) is 30.4 Å². The van der Waals surface area contributed by atoms with Crippen molar-refractivity contribution in [1.82, 2.24) is 14.5 Å². The Balaban J connectivity index is 1.31. The molecule has 1 aliphatic heterocycles. The lowest BCUT2D eigenvalue weighted by molar-refractivity contribution is 0.0597. The van der Waals surface area contributed by atoms with E-state index >= 15 is 0 Å². The Hall–Kier alpha value is -3.69. The van der Waals surface area contributed by atoms with Gasteiger partial charge in [-0.3, -0.25) is 9.69 Å². The zero-order valence-electron chi connectivity index (χ0n) is 22.7. The van der Waals surface area contributed by atoms with Crippen LogP contribution in [-0.4, -0.2) is 57.4 Å². The summed E-state index contributed by atoms with van der Waals surface area (Å²) in [6.07, 6.45) is 0. The maximum absolute atomic E-state index is 13.5. The van der Waals surface area contributed by atoms with Crippen LogP contribution in [0.15, 0.2) is 108 Å². The van der Waals surface area contributed by atoms with Crippen LogP contribution >= 0.6 is 11.6 Å². The van der Waals surface area contributed by atoms with Gasteiger partial charge in [-0.15, -0.1) is 0 Å². The molecule has 4 aromatic rings. The summed E-state index contributed by atoms with van der Waals surface area (Å²) in [7, 11) is -2.56. The molecule has 1 amide bonds. The van der Waals surface area contributed by atoms with Crippen molar-refractivity contribution in [3.63, 3.8) is 0 Å². The first-order chi connectivity index (χ1) is 19.9. The van der Waals surface area contributed by atoms with Crippen LogP contribution in [0.2, 0.25) is 5.02 Å². The maximum atomic E-state index is 13.5. The number of ether oxygens (including phenoxy) is 1. The molecular weight excluding hydrogens is 558 g/mol. The first-order valence-corrected chi connectivity index (χ1v) is 15.3. The van der Waals surface area contributed by atoms with Gasteiger partial charge in [0.1, 0.15) is 10.6 Å². The number of carbonyl (C=O) groups excluding carboxylic acids is 1. The number of hydrogen-bond donors (Lipinski definition) is 1. The van der Waals surface area contributed by atoms with Crippen LogP contribution in [0.1, 0.15) is 33.1 Å². The van der Waals surface area contributed by atoms with Crippen molar-refractivity contribution in [2.75, 3.05) is 33.3 Å². The summed E-state index contributed by atoms with van der Waals surface area (Å²) in [6, 6.07) is 32.3. The van der Waals surface area contributed by atoms with Crippen LogP contribution in [0.5, 0.6) is 5.75 Å². The van der Waals surface area contributed by atoms with Gasteiger partial charge in [0.15, 0.2) is 0 Å². The first kappa shape index (κ1) is 28.8. The lowest BCUT2D eigenvalue weighted by atomic mass is 9.96. The second kappa shape index (κ2) is 12.9. The number of nitrogens with zero attached hydrogens (tertiary/aromatic N) is 2. The van der Waals surface area contributed by atoms with Gasteiger partial charge in [0.05, 0.1) is 13.2 Å². The van der Waals surface area contributed by atoms with Crippen LogP contribution in [0, 0.1) is 0 Å². The second-order valence-corrected chi connectivity index (χ2v) is 12.0. The number of hydrogen-bond acceptors (Lipinski definition) is 5. The maximum Gasteiger partial charge on any atom is 0.253 e. The van der Waals surface area contributed by atoms with Crippen molar-refractivity contribution in [2.24, 2.45) is 0 Å². The smallest absolute Gasteiger partial charge is 0.253 e. The zero-order chi connectivity index (χ0) is 28.8. The standard InChI is InChI=1S/C32H32ClN3O4S/c1-40-29-17-14-27(22-30(29)41(38,39)34-23-24-12-15-28(33)16-13-24)32(37)36-20-18-35(19-21-36)31(25-8-4-2-5-9-25)26-10-6-3-7-11-26/h2-17,22,31,34H,18-21,23H2,1H3. The molecule has 0 atom stereocenters. The molecule has 0 bridgehead atoms. The SMILES string of the molecule is COc1ccc(C(=O)N2CCN(C(c3ccccc3)c3ccccc3)CC2)cc1S(=O)(=O)NCc1ccc(Cl)cc1. The van der Waals surface area contributed by atoms with Gasteiger partial charge in [0, 0.05) is 43.3 Å². The van der Waals surface area contributed by atoms with Gasteiger partial charge in [0.2, 0.25) is 10.0 Å². The molecule has 0 saturated carbocycles. The van der Waals surface area contributed by atoms with E-state index in [4.69, 9.17) is 16.3 Å². The molecule has 0 spiro atoms. The Labute approximate surface area is 246 Å². The molecule has 1 aliphatic rings. The highest BCUT2D eigenvalue weighted by Crippen LogP contribution is 2.30. The van der Waals surface area contributed by atoms with Gasteiger partial charge in [0.25, 0.3) is 5.91 Å². The molecule has 212 valence electrons. The number of piperazine rings is 1. The average molecular weight is 590 g/mol. The average Bonchev–Trinajstić information content (AvgIpc) is 3.02. The topological polar surface area (TPSA) is 79.0 Å². The third kappa shape index (κ3) is 6.80. The lowest BCUT2D eigenvalue weighted by Gasteiger charge is -2.39. The molecule has 4 aromatic carbocycles. The Morgan fingerprint density at radius 2 is 1.44 bits per heavy atom. The normalized spacial score (nSPS) is 14.3. The Kier molecular flexibility index (Phi) is 9.05. The second-order valence-electron chi connectivity index (χ2n) is 9.87. The molecule has 9 heteroatoms. The molecule has 1 fully saturated rings. The summed E-state index contributed by atoms with van der Waals surface area (Å²) < 4.78 is 34.4. The van der Waals surface area contributed by atoms with Crippen LogP contribution in [0.25, 0.3) is 0 Å². The molecule has 0 aliphatic carbocycles. The van der Waals surface area contributed by atoms with Crippen molar-refractivity contribution in [3.8, 4) is 5.75 Å². The number of amides is 1. The number of halogens is 1. The van der Waals surface area contributed by atoms with E-state index < -0.39 is 10.0 Å². The number of carbonyl (C=O) groups is 1. The molecule has 0 unspecified atom stereocenters. The third-order valence-corrected chi connectivity index (χ3v) is 8.95. The molecule has 1 heterocycles. The number of benzene rings is 4. The van der Waals surface area contributed by atoms with E-state index in [2.05, 4.69) is 33.9 Å².